The third-order valence-corrected chi connectivity index (χ3v) is 6.72. The van der Waals surface area contributed by atoms with Crippen LogP contribution in [-0.2, 0) is 33.5 Å². The number of hydrogen-bond donors (Lipinski definition) is 4. The molecule has 2 unspecified atom stereocenters. The first-order chi connectivity index (χ1) is 17.1. The van der Waals surface area contributed by atoms with Crippen molar-refractivity contribution in [3.05, 3.63) is 41.6 Å². The SMILES string of the molecule is CC(=O)OCC1=C(C(=O)O)N2C(=O)C(NC(=O)C(C(=O)Nc3ccccc3)C(=O)C(Cl)=NO)[C@H]2SC1. The fraction of sp³-hybridized carbons (Fsp3) is 0.286. The van der Waals surface area contributed by atoms with E-state index in [2.05, 4.69) is 15.8 Å². The summed E-state index contributed by atoms with van der Waals surface area (Å²) >= 11 is 6.64. The van der Waals surface area contributed by atoms with E-state index in [1.807, 2.05) is 0 Å². The van der Waals surface area contributed by atoms with Gasteiger partial charge >= 0.3 is 11.9 Å². The molecule has 0 aromatic heterocycles. The lowest BCUT2D eigenvalue weighted by atomic mass is 9.98. The number of Topliss-reactive ketones (excluding diaryl/α,β-unsaturated/α-hetero) is 1. The van der Waals surface area contributed by atoms with E-state index in [0.29, 0.717) is 0 Å². The number of carbonyl (C=O) groups excluding carboxylic acids is 5. The van der Waals surface area contributed by atoms with Crippen LogP contribution in [0.15, 0.2) is 46.8 Å². The van der Waals surface area contributed by atoms with Gasteiger partial charge in [0.05, 0.1) is 0 Å². The molecule has 0 radical (unpaired) electrons. The third-order valence-electron chi connectivity index (χ3n) is 5.12. The number of oxime groups is 1. The van der Waals surface area contributed by atoms with Crippen molar-refractivity contribution in [1.29, 1.82) is 0 Å². The number of nitrogens with one attached hydrogen (secondary N) is 2. The summed E-state index contributed by atoms with van der Waals surface area (Å²) in [7, 11) is 0. The Morgan fingerprint density at radius 2 is 1.89 bits per heavy atom. The van der Waals surface area contributed by atoms with Gasteiger partial charge in [0.25, 0.3) is 5.91 Å². The minimum absolute atomic E-state index is 0.0789. The number of esters is 1. The van der Waals surface area contributed by atoms with Crippen molar-refractivity contribution in [2.45, 2.75) is 18.3 Å². The molecule has 13 nitrogen and oxygen atoms in total. The van der Waals surface area contributed by atoms with E-state index >= 15 is 0 Å². The molecule has 1 saturated heterocycles. The largest absolute Gasteiger partial charge is 0.477 e. The molecule has 2 aliphatic rings. The summed E-state index contributed by atoms with van der Waals surface area (Å²) in [5, 5.41) is 23.7. The Balaban J connectivity index is 1.80. The number of carboxylic acid groups (broad SMARTS) is 1. The minimum atomic E-state index is -2.11. The highest BCUT2D eigenvalue weighted by Crippen LogP contribution is 2.40. The number of anilines is 1. The minimum Gasteiger partial charge on any atom is -0.477 e. The molecule has 1 aromatic rings. The second kappa shape index (κ2) is 11.2. The smallest absolute Gasteiger partial charge is 0.352 e. The third kappa shape index (κ3) is 5.49. The van der Waals surface area contributed by atoms with Gasteiger partial charge in [0.15, 0.2) is 5.92 Å². The Morgan fingerprint density at radius 1 is 1.22 bits per heavy atom. The standard InChI is InChI=1S/C21H19ClN4O9S/c1-9(27)35-7-10-8-36-20-13(19(31)26(20)14(10)21(32)33)24-18(30)12(15(28)16(22)25-34)17(29)23-11-5-3-2-4-6-11/h2-6,12-13,20,34H,7-8H2,1H3,(H,23,29)(H,24,30)(H,32,33)/t12?,13?,20-/m1/s1. The van der Waals surface area contributed by atoms with Crippen molar-refractivity contribution in [3.63, 3.8) is 0 Å². The van der Waals surface area contributed by atoms with Crippen molar-refractivity contribution in [3.8, 4) is 0 Å². The fourth-order valence-electron chi connectivity index (χ4n) is 3.48. The van der Waals surface area contributed by atoms with Crippen LogP contribution in [0.25, 0.3) is 0 Å². The molecule has 36 heavy (non-hydrogen) atoms. The predicted molar refractivity (Wildman–Crippen MR) is 125 cm³/mol. The second-order valence-corrected chi connectivity index (χ2v) is 8.94. The summed E-state index contributed by atoms with van der Waals surface area (Å²) in [5.41, 5.74) is 0.0779. The maximum Gasteiger partial charge on any atom is 0.352 e. The van der Waals surface area contributed by atoms with E-state index in [9.17, 15) is 33.9 Å². The zero-order valence-electron chi connectivity index (χ0n) is 18.5. The van der Waals surface area contributed by atoms with Gasteiger partial charge in [-0.3, -0.25) is 28.9 Å². The van der Waals surface area contributed by atoms with E-state index in [1.54, 1.807) is 18.2 Å². The Kier molecular flexibility index (Phi) is 8.32. The summed E-state index contributed by atoms with van der Waals surface area (Å²) in [5.74, 6) is -8.53. The molecule has 2 aliphatic heterocycles. The Labute approximate surface area is 212 Å². The van der Waals surface area contributed by atoms with Crippen molar-refractivity contribution in [1.82, 2.24) is 10.2 Å². The lowest BCUT2D eigenvalue weighted by Crippen LogP contribution is -2.71. The van der Waals surface area contributed by atoms with Crippen LogP contribution in [0.4, 0.5) is 5.69 Å². The van der Waals surface area contributed by atoms with Crippen LogP contribution in [0.5, 0.6) is 0 Å². The molecule has 1 aromatic carbocycles. The van der Waals surface area contributed by atoms with E-state index in [4.69, 9.17) is 21.5 Å². The summed E-state index contributed by atoms with van der Waals surface area (Å²) < 4.78 is 4.85. The van der Waals surface area contributed by atoms with E-state index in [0.717, 1.165) is 23.6 Å². The molecule has 15 heteroatoms. The number of benzene rings is 1. The van der Waals surface area contributed by atoms with Gasteiger partial charge in [-0.05, 0) is 12.1 Å². The summed E-state index contributed by atoms with van der Waals surface area (Å²) in [4.78, 5) is 74.9. The molecule has 190 valence electrons. The number of para-hydroxylation sites is 1. The normalized spacial score (nSPS) is 20.0. The molecule has 4 N–H and O–H groups in total. The van der Waals surface area contributed by atoms with Crippen LogP contribution in [0.3, 0.4) is 0 Å². The van der Waals surface area contributed by atoms with E-state index in [1.165, 1.54) is 12.1 Å². The van der Waals surface area contributed by atoms with Crippen LogP contribution in [0.1, 0.15) is 6.92 Å². The summed E-state index contributed by atoms with van der Waals surface area (Å²) in [6, 6.07) is 6.60. The number of ether oxygens (including phenoxy) is 1. The van der Waals surface area contributed by atoms with Gasteiger partial charge in [0.2, 0.25) is 22.8 Å². The van der Waals surface area contributed by atoms with Gasteiger partial charge in [0, 0.05) is 23.9 Å². The molecule has 0 saturated carbocycles. The topological polar surface area (TPSA) is 192 Å². The lowest BCUT2D eigenvalue weighted by Gasteiger charge is -2.49. The number of aliphatic carboxylic acids is 1. The molecule has 3 rings (SSSR count). The molecule has 3 atom stereocenters. The fourth-order valence-corrected chi connectivity index (χ4v) is 4.92. The molecule has 3 amide bonds. The highest BCUT2D eigenvalue weighted by atomic mass is 35.5. The van der Waals surface area contributed by atoms with Crippen LogP contribution in [-0.4, -0.2) is 79.6 Å². The van der Waals surface area contributed by atoms with Crippen molar-refractivity contribution < 1.29 is 43.8 Å². The number of β-lactam (4-membered cyclic amide) rings is 1. The number of hydrogen-bond acceptors (Lipinski definition) is 10. The average Bonchev–Trinajstić information content (AvgIpc) is 2.85. The van der Waals surface area contributed by atoms with Crippen LogP contribution >= 0.6 is 23.4 Å². The number of carbonyl (C=O) groups is 6. The quantitative estimate of drug-likeness (QED) is 0.0839. The van der Waals surface area contributed by atoms with Gasteiger partial charge in [-0.15, -0.1) is 11.8 Å². The highest BCUT2D eigenvalue weighted by Gasteiger charge is 2.55. The number of fused-ring (bicyclic) bond motifs is 1. The predicted octanol–water partition coefficient (Wildman–Crippen LogP) is 0.139. The molecular formula is C21H19ClN4O9S. The van der Waals surface area contributed by atoms with Crippen LogP contribution in [0, 0.1) is 5.92 Å². The Hall–Kier alpha value is -3.91. The molecule has 1 fully saturated rings. The van der Waals surface area contributed by atoms with Gasteiger partial charge < -0.3 is 25.7 Å². The van der Waals surface area contributed by atoms with Crippen molar-refractivity contribution >= 4 is 69.7 Å². The maximum absolute atomic E-state index is 13.0. The molecule has 0 aliphatic carbocycles. The number of thioether (sulfide) groups is 1. The Morgan fingerprint density at radius 3 is 2.47 bits per heavy atom. The maximum atomic E-state index is 13.0. The second-order valence-electron chi connectivity index (χ2n) is 7.48. The molecule has 2 heterocycles. The van der Waals surface area contributed by atoms with Crippen LogP contribution in [0.2, 0.25) is 0 Å². The van der Waals surface area contributed by atoms with Gasteiger partial charge in [-0.2, -0.15) is 0 Å². The number of halogens is 1. The first-order valence-electron chi connectivity index (χ1n) is 10.2. The number of rotatable bonds is 9. The zero-order chi connectivity index (χ0) is 26.6. The van der Waals surface area contributed by atoms with Crippen molar-refractivity contribution in [2.75, 3.05) is 17.7 Å². The lowest BCUT2D eigenvalue weighted by molar-refractivity contribution is -0.152. The van der Waals surface area contributed by atoms with Gasteiger partial charge in [-0.25, -0.2) is 4.79 Å². The average molecular weight is 539 g/mol. The number of nitrogens with zero attached hydrogens (tertiary/aromatic N) is 2. The summed E-state index contributed by atoms with van der Waals surface area (Å²) in [6.07, 6.45) is 0. The zero-order valence-corrected chi connectivity index (χ0v) is 20.0. The van der Waals surface area contributed by atoms with E-state index < -0.39 is 57.9 Å². The number of ketones is 1. The summed E-state index contributed by atoms with van der Waals surface area (Å²) in [6.45, 7) is 0.826. The Bertz CT molecular complexity index is 1190. The van der Waals surface area contributed by atoms with Gasteiger partial charge in [0.1, 0.15) is 23.7 Å². The number of amides is 3. The molecule has 0 spiro atoms. The number of carboxylic acids is 1. The molecule has 0 bridgehead atoms. The first-order valence-corrected chi connectivity index (χ1v) is 11.6. The highest BCUT2D eigenvalue weighted by molar-refractivity contribution is 8.00. The molecular weight excluding hydrogens is 520 g/mol. The first kappa shape index (κ1) is 26.7. The monoisotopic (exact) mass is 538 g/mol. The van der Waals surface area contributed by atoms with Gasteiger partial charge in [-0.1, -0.05) is 35.0 Å². The van der Waals surface area contributed by atoms with E-state index in [-0.39, 0.29) is 29.3 Å². The van der Waals surface area contributed by atoms with Crippen LogP contribution < -0.4 is 10.6 Å². The van der Waals surface area contributed by atoms with Crippen molar-refractivity contribution in [2.24, 2.45) is 11.1 Å².